The third-order valence-corrected chi connectivity index (χ3v) is 2.62. The second kappa shape index (κ2) is 4.39. The molecule has 2 rings (SSSR count). The number of aryl methyl sites for hydroxylation is 2. The molecule has 16 heavy (non-hydrogen) atoms. The lowest BCUT2D eigenvalue weighted by Crippen LogP contribution is -2.17. The Kier molecular flexibility index (Phi) is 2.95. The average molecular weight is 216 g/mol. The van der Waals surface area contributed by atoms with Gasteiger partial charge in [0.05, 0.1) is 5.56 Å². The Morgan fingerprint density at radius 3 is 2.88 bits per heavy atom. The molecule has 1 aromatic carbocycles. The lowest BCUT2D eigenvalue weighted by Gasteiger charge is -1.98. The molecule has 0 fully saturated rings. The molecule has 0 atom stereocenters. The summed E-state index contributed by atoms with van der Waals surface area (Å²) in [7, 11) is 0. The van der Waals surface area contributed by atoms with Crippen LogP contribution in [0.1, 0.15) is 18.9 Å². The maximum atomic E-state index is 12.0. The maximum Gasteiger partial charge on any atom is 0.274 e. The van der Waals surface area contributed by atoms with E-state index in [1.54, 1.807) is 10.9 Å². The van der Waals surface area contributed by atoms with Crippen LogP contribution in [-0.4, -0.2) is 9.78 Å². The van der Waals surface area contributed by atoms with Crippen LogP contribution in [0, 0.1) is 6.92 Å². The third kappa shape index (κ3) is 1.94. The van der Waals surface area contributed by atoms with Crippen LogP contribution in [0.5, 0.6) is 0 Å². The second-order valence-electron chi connectivity index (χ2n) is 4.01. The molecular weight excluding hydrogens is 200 g/mol. The minimum absolute atomic E-state index is 0.0625. The summed E-state index contributed by atoms with van der Waals surface area (Å²) in [5, 5.41) is 3.00. The van der Waals surface area contributed by atoms with Crippen LogP contribution >= 0.6 is 0 Å². The maximum absolute atomic E-state index is 12.0. The van der Waals surface area contributed by atoms with Gasteiger partial charge < -0.3 is 5.10 Å². The summed E-state index contributed by atoms with van der Waals surface area (Å²) in [6.45, 7) is 4.82. The van der Waals surface area contributed by atoms with E-state index in [-0.39, 0.29) is 5.56 Å². The molecule has 3 nitrogen and oxygen atoms in total. The quantitative estimate of drug-likeness (QED) is 0.841. The van der Waals surface area contributed by atoms with Crippen LogP contribution in [0.15, 0.2) is 35.3 Å². The normalized spacial score (nSPS) is 10.6. The Labute approximate surface area is 94.7 Å². The summed E-state index contributed by atoms with van der Waals surface area (Å²) in [4.78, 5) is 12.0. The van der Waals surface area contributed by atoms with Gasteiger partial charge in [-0.2, -0.15) is 0 Å². The smallest absolute Gasteiger partial charge is 0.274 e. The van der Waals surface area contributed by atoms with Crippen molar-refractivity contribution >= 4 is 0 Å². The number of benzene rings is 1. The Hall–Kier alpha value is -1.77. The first-order valence-corrected chi connectivity index (χ1v) is 5.57. The Bertz CT molecular complexity index is 537. The standard InChI is InChI=1S/C13H16N2O/c1-3-7-15-13(16)12(9-14-15)11-6-4-5-10(2)8-11/h4-6,8-9,14H,3,7H2,1-2H3. The fourth-order valence-corrected chi connectivity index (χ4v) is 1.82. The highest BCUT2D eigenvalue weighted by Crippen LogP contribution is 2.15. The summed E-state index contributed by atoms with van der Waals surface area (Å²) in [5.74, 6) is 0. The van der Waals surface area contributed by atoms with Crippen molar-refractivity contribution in [2.45, 2.75) is 26.8 Å². The largest absolute Gasteiger partial charge is 0.302 e. The lowest BCUT2D eigenvalue weighted by atomic mass is 10.1. The van der Waals surface area contributed by atoms with E-state index in [1.165, 1.54) is 5.56 Å². The molecule has 1 aromatic heterocycles. The van der Waals surface area contributed by atoms with Crippen LogP contribution in [0.25, 0.3) is 11.1 Å². The molecule has 0 aliphatic rings. The topological polar surface area (TPSA) is 37.8 Å². The molecule has 1 N–H and O–H groups in total. The summed E-state index contributed by atoms with van der Waals surface area (Å²) in [5.41, 5.74) is 2.96. The minimum Gasteiger partial charge on any atom is -0.302 e. The predicted octanol–water partition coefficient (Wildman–Crippen LogP) is 2.56. The number of aromatic nitrogens is 2. The number of H-pyrrole nitrogens is 1. The molecule has 2 aromatic rings. The van der Waals surface area contributed by atoms with Gasteiger partial charge in [-0.15, -0.1) is 0 Å². The first-order chi connectivity index (χ1) is 7.72. The van der Waals surface area contributed by atoms with Gasteiger partial charge in [-0.3, -0.25) is 9.48 Å². The number of hydrogen-bond acceptors (Lipinski definition) is 1. The van der Waals surface area contributed by atoms with Crippen molar-refractivity contribution in [1.82, 2.24) is 9.78 Å². The van der Waals surface area contributed by atoms with Gasteiger partial charge in [0.15, 0.2) is 0 Å². The predicted molar refractivity (Wildman–Crippen MR) is 65.5 cm³/mol. The SMILES string of the molecule is CCCn1[nH]cc(-c2cccc(C)c2)c1=O. The van der Waals surface area contributed by atoms with Crippen LogP contribution in [0.3, 0.4) is 0 Å². The molecule has 0 bridgehead atoms. The lowest BCUT2D eigenvalue weighted by molar-refractivity contribution is 0.585. The number of rotatable bonds is 3. The summed E-state index contributed by atoms with van der Waals surface area (Å²) in [6.07, 6.45) is 2.74. The minimum atomic E-state index is 0.0625. The van der Waals surface area contributed by atoms with Crippen molar-refractivity contribution in [2.75, 3.05) is 0 Å². The molecule has 1 heterocycles. The van der Waals surface area contributed by atoms with E-state index in [0.717, 1.165) is 24.1 Å². The molecule has 84 valence electrons. The van der Waals surface area contributed by atoms with Crippen molar-refractivity contribution in [3.05, 3.63) is 46.4 Å². The fraction of sp³-hybridized carbons (Fsp3) is 0.308. The summed E-state index contributed by atoms with van der Waals surface area (Å²) < 4.78 is 1.65. The van der Waals surface area contributed by atoms with Gasteiger partial charge in [-0.1, -0.05) is 36.8 Å². The molecule has 0 unspecified atom stereocenters. The van der Waals surface area contributed by atoms with Gasteiger partial charge >= 0.3 is 0 Å². The van der Waals surface area contributed by atoms with E-state index < -0.39 is 0 Å². The summed E-state index contributed by atoms with van der Waals surface area (Å²) >= 11 is 0. The molecule has 0 radical (unpaired) electrons. The Morgan fingerprint density at radius 1 is 1.38 bits per heavy atom. The molecule has 0 spiro atoms. The van der Waals surface area contributed by atoms with Crippen LogP contribution < -0.4 is 5.56 Å². The number of nitrogens with zero attached hydrogens (tertiary/aromatic N) is 1. The van der Waals surface area contributed by atoms with Crippen molar-refractivity contribution in [1.29, 1.82) is 0 Å². The van der Waals surface area contributed by atoms with Crippen molar-refractivity contribution in [3.63, 3.8) is 0 Å². The van der Waals surface area contributed by atoms with Crippen LogP contribution in [0.2, 0.25) is 0 Å². The first-order valence-electron chi connectivity index (χ1n) is 5.57. The van der Waals surface area contributed by atoms with Crippen molar-refractivity contribution in [2.24, 2.45) is 0 Å². The zero-order chi connectivity index (χ0) is 11.5. The van der Waals surface area contributed by atoms with Gasteiger partial charge in [0.25, 0.3) is 5.56 Å². The zero-order valence-corrected chi connectivity index (χ0v) is 9.66. The van der Waals surface area contributed by atoms with E-state index in [4.69, 9.17) is 0 Å². The van der Waals surface area contributed by atoms with Gasteiger partial charge in [0.2, 0.25) is 0 Å². The number of nitrogens with one attached hydrogen (secondary N) is 1. The molecular formula is C13H16N2O. The summed E-state index contributed by atoms with van der Waals surface area (Å²) in [6, 6.07) is 8.00. The van der Waals surface area contributed by atoms with E-state index in [9.17, 15) is 4.79 Å². The van der Waals surface area contributed by atoms with Gasteiger partial charge in [0, 0.05) is 12.7 Å². The molecule has 0 saturated heterocycles. The molecule has 0 aliphatic carbocycles. The molecule has 0 amide bonds. The zero-order valence-electron chi connectivity index (χ0n) is 9.66. The average Bonchev–Trinajstić information content (AvgIpc) is 2.61. The van der Waals surface area contributed by atoms with E-state index >= 15 is 0 Å². The first kappa shape index (κ1) is 10.7. The molecule has 0 saturated carbocycles. The highest BCUT2D eigenvalue weighted by Gasteiger charge is 2.07. The van der Waals surface area contributed by atoms with Crippen molar-refractivity contribution < 1.29 is 0 Å². The van der Waals surface area contributed by atoms with Gasteiger partial charge in [0.1, 0.15) is 0 Å². The van der Waals surface area contributed by atoms with Gasteiger partial charge in [-0.05, 0) is 18.9 Å². The monoisotopic (exact) mass is 216 g/mol. The highest BCUT2D eigenvalue weighted by atomic mass is 16.1. The number of hydrogen-bond donors (Lipinski definition) is 1. The van der Waals surface area contributed by atoms with E-state index in [2.05, 4.69) is 12.0 Å². The van der Waals surface area contributed by atoms with E-state index in [1.807, 2.05) is 31.2 Å². The fourth-order valence-electron chi connectivity index (χ4n) is 1.82. The van der Waals surface area contributed by atoms with Crippen LogP contribution in [0.4, 0.5) is 0 Å². The van der Waals surface area contributed by atoms with Gasteiger partial charge in [-0.25, -0.2) is 0 Å². The van der Waals surface area contributed by atoms with E-state index in [0.29, 0.717) is 0 Å². The second-order valence-corrected chi connectivity index (χ2v) is 4.01. The van der Waals surface area contributed by atoms with Crippen molar-refractivity contribution in [3.8, 4) is 11.1 Å². The molecule has 3 heteroatoms. The Morgan fingerprint density at radius 2 is 2.19 bits per heavy atom. The molecule has 0 aliphatic heterocycles. The third-order valence-electron chi connectivity index (χ3n) is 2.62. The Balaban J connectivity index is 2.45. The number of aromatic amines is 1. The van der Waals surface area contributed by atoms with Crippen LogP contribution in [-0.2, 0) is 6.54 Å². The highest BCUT2D eigenvalue weighted by molar-refractivity contribution is 5.62.